The van der Waals surface area contributed by atoms with Crippen LogP contribution in [0.15, 0.2) is 42.0 Å². The van der Waals surface area contributed by atoms with Crippen LogP contribution in [0.2, 0.25) is 0 Å². The predicted octanol–water partition coefficient (Wildman–Crippen LogP) is 4.26. The van der Waals surface area contributed by atoms with Crippen molar-refractivity contribution in [2.24, 2.45) is 5.92 Å². The number of nitrogens with zero attached hydrogens (tertiary/aromatic N) is 1. The smallest absolute Gasteiger partial charge is 0.246 e. The van der Waals surface area contributed by atoms with Crippen molar-refractivity contribution in [1.82, 2.24) is 4.90 Å². The van der Waals surface area contributed by atoms with Gasteiger partial charge in [0.05, 0.1) is 0 Å². The third kappa shape index (κ3) is 5.33. The molecule has 1 atom stereocenters. The molecule has 1 unspecified atom stereocenters. The van der Waals surface area contributed by atoms with Gasteiger partial charge in [0, 0.05) is 32.5 Å². The van der Waals surface area contributed by atoms with Gasteiger partial charge in [-0.05, 0) is 24.5 Å². The molecule has 3 nitrogen and oxygen atoms in total. The van der Waals surface area contributed by atoms with E-state index in [1.165, 1.54) is 0 Å². The van der Waals surface area contributed by atoms with Crippen LogP contribution in [0.4, 0.5) is 0 Å². The quantitative estimate of drug-likeness (QED) is 0.581. The van der Waals surface area contributed by atoms with Crippen molar-refractivity contribution >= 4 is 7.37 Å². The summed E-state index contributed by atoms with van der Waals surface area (Å²) in [5, 5.41) is 0. The van der Waals surface area contributed by atoms with Crippen LogP contribution in [-0.4, -0.2) is 37.4 Å². The lowest BCUT2D eigenvalue weighted by Gasteiger charge is -2.28. The van der Waals surface area contributed by atoms with Gasteiger partial charge in [-0.15, -0.1) is 0 Å². The SMILES string of the molecule is CC(C)C1=CCN(CCP(C)(=O)Oc2ccccc2)CC1. The van der Waals surface area contributed by atoms with E-state index in [2.05, 4.69) is 24.8 Å². The minimum absolute atomic E-state index is 0.604. The normalized spacial score (nSPS) is 19.1. The molecular weight excluding hydrogens is 281 g/mol. The monoisotopic (exact) mass is 307 g/mol. The summed E-state index contributed by atoms with van der Waals surface area (Å²) in [7, 11) is -2.58. The largest absolute Gasteiger partial charge is 0.443 e. The van der Waals surface area contributed by atoms with Gasteiger partial charge in [0.2, 0.25) is 7.37 Å². The van der Waals surface area contributed by atoms with Crippen molar-refractivity contribution in [2.75, 3.05) is 32.5 Å². The Balaban J connectivity index is 1.81. The standard InChI is InChI=1S/C17H26NO2P/c1-15(2)16-9-11-18(12-10-16)13-14-21(3,19)20-17-7-5-4-6-8-17/h4-9,15H,10-14H2,1-3H3. The Morgan fingerprint density at radius 1 is 1.29 bits per heavy atom. The fraction of sp³-hybridized carbons (Fsp3) is 0.529. The van der Waals surface area contributed by atoms with Crippen molar-refractivity contribution in [3.05, 3.63) is 42.0 Å². The van der Waals surface area contributed by atoms with Gasteiger partial charge in [0.1, 0.15) is 5.75 Å². The molecule has 0 bridgehead atoms. The van der Waals surface area contributed by atoms with E-state index in [1.807, 2.05) is 30.3 Å². The Morgan fingerprint density at radius 3 is 2.57 bits per heavy atom. The molecule has 1 aromatic rings. The predicted molar refractivity (Wildman–Crippen MR) is 89.4 cm³/mol. The summed E-state index contributed by atoms with van der Waals surface area (Å²) in [6.45, 7) is 9.10. The van der Waals surface area contributed by atoms with Crippen LogP contribution in [0.5, 0.6) is 5.75 Å². The minimum atomic E-state index is -2.58. The molecule has 0 saturated heterocycles. The van der Waals surface area contributed by atoms with E-state index >= 15 is 0 Å². The van der Waals surface area contributed by atoms with Crippen LogP contribution >= 0.6 is 7.37 Å². The summed E-state index contributed by atoms with van der Waals surface area (Å²) < 4.78 is 18.2. The molecule has 116 valence electrons. The summed E-state index contributed by atoms with van der Waals surface area (Å²) in [4.78, 5) is 2.36. The lowest BCUT2D eigenvalue weighted by molar-refractivity contribution is 0.302. The van der Waals surface area contributed by atoms with E-state index in [9.17, 15) is 4.57 Å². The number of benzene rings is 1. The lowest BCUT2D eigenvalue weighted by atomic mass is 9.97. The average Bonchev–Trinajstić information content (AvgIpc) is 2.46. The molecule has 1 aliphatic heterocycles. The highest BCUT2D eigenvalue weighted by Gasteiger charge is 2.20. The fourth-order valence-corrected chi connectivity index (χ4v) is 3.83. The zero-order valence-electron chi connectivity index (χ0n) is 13.3. The Hall–Kier alpha value is -1.05. The first-order valence-electron chi connectivity index (χ1n) is 7.69. The number of hydrogen-bond acceptors (Lipinski definition) is 3. The number of rotatable bonds is 6. The zero-order chi connectivity index (χ0) is 15.3. The average molecular weight is 307 g/mol. The molecule has 0 amide bonds. The van der Waals surface area contributed by atoms with Crippen molar-refractivity contribution < 1.29 is 9.09 Å². The molecule has 0 N–H and O–H groups in total. The first-order chi connectivity index (χ1) is 9.96. The van der Waals surface area contributed by atoms with Crippen LogP contribution in [0.25, 0.3) is 0 Å². The van der Waals surface area contributed by atoms with Crippen molar-refractivity contribution in [3.63, 3.8) is 0 Å². The van der Waals surface area contributed by atoms with Gasteiger partial charge in [-0.1, -0.05) is 43.7 Å². The first-order valence-corrected chi connectivity index (χ1v) is 9.94. The summed E-state index contributed by atoms with van der Waals surface area (Å²) in [5.41, 5.74) is 1.55. The minimum Gasteiger partial charge on any atom is -0.443 e. The highest BCUT2D eigenvalue weighted by Crippen LogP contribution is 2.42. The maximum Gasteiger partial charge on any atom is 0.246 e. The Kier molecular flexibility index (Phi) is 5.66. The van der Waals surface area contributed by atoms with Crippen molar-refractivity contribution in [2.45, 2.75) is 20.3 Å². The summed E-state index contributed by atoms with van der Waals surface area (Å²) in [5.74, 6) is 1.34. The second kappa shape index (κ2) is 7.29. The highest BCUT2D eigenvalue weighted by atomic mass is 31.2. The molecule has 0 aliphatic carbocycles. The van der Waals surface area contributed by atoms with Crippen LogP contribution in [-0.2, 0) is 4.57 Å². The molecule has 2 rings (SSSR count). The third-order valence-corrected chi connectivity index (χ3v) is 5.54. The zero-order valence-corrected chi connectivity index (χ0v) is 14.2. The number of hydrogen-bond donors (Lipinski definition) is 0. The molecular formula is C17H26NO2P. The molecule has 0 spiro atoms. The maximum absolute atomic E-state index is 12.5. The topological polar surface area (TPSA) is 29.5 Å². The van der Waals surface area contributed by atoms with Gasteiger partial charge in [-0.2, -0.15) is 0 Å². The molecule has 0 saturated carbocycles. The molecule has 1 aliphatic rings. The van der Waals surface area contributed by atoms with Crippen LogP contribution in [0.1, 0.15) is 20.3 Å². The molecule has 1 aromatic carbocycles. The van der Waals surface area contributed by atoms with E-state index in [0.29, 0.717) is 17.8 Å². The number of para-hydroxylation sites is 1. The van der Waals surface area contributed by atoms with Gasteiger partial charge >= 0.3 is 0 Å². The van der Waals surface area contributed by atoms with Crippen LogP contribution in [0.3, 0.4) is 0 Å². The van der Waals surface area contributed by atoms with E-state index in [4.69, 9.17) is 4.52 Å². The molecule has 1 heterocycles. The molecule has 0 fully saturated rings. The van der Waals surface area contributed by atoms with E-state index in [0.717, 1.165) is 26.1 Å². The molecule has 0 aromatic heterocycles. The second-order valence-corrected chi connectivity index (χ2v) is 8.78. The van der Waals surface area contributed by atoms with E-state index in [1.54, 1.807) is 12.2 Å². The Labute approximate surface area is 128 Å². The van der Waals surface area contributed by atoms with Crippen molar-refractivity contribution in [1.29, 1.82) is 0 Å². The fourth-order valence-electron chi connectivity index (χ4n) is 2.53. The first kappa shape index (κ1) is 16.3. The third-order valence-electron chi connectivity index (χ3n) is 3.93. The van der Waals surface area contributed by atoms with E-state index in [-0.39, 0.29) is 0 Å². The molecule has 21 heavy (non-hydrogen) atoms. The molecule has 0 radical (unpaired) electrons. The van der Waals surface area contributed by atoms with Gasteiger partial charge in [-0.25, -0.2) is 0 Å². The molecule has 4 heteroatoms. The maximum atomic E-state index is 12.5. The highest BCUT2D eigenvalue weighted by molar-refractivity contribution is 7.58. The van der Waals surface area contributed by atoms with Gasteiger partial charge in [0.15, 0.2) is 0 Å². The van der Waals surface area contributed by atoms with Gasteiger partial charge in [-0.3, -0.25) is 9.46 Å². The van der Waals surface area contributed by atoms with Crippen LogP contribution < -0.4 is 4.52 Å². The summed E-state index contributed by atoms with van der Waals surface area (Å²) in [6.07, 6.45) is 4.06. The Morgan fingerprint density at radius 2 is 2.00 bits per heavy atom. The second-order valence-electron chi connectivity index (χ2n) is 6.13. The summed E-state index contributed by atoms with van der Waals surface area (Å²) >= 11 is 0. The van der Waals surface area contributed by atoms with Crippen molar-refractivity contribution in [3.8, 4) is 5.75 Å². The van der Waals surface area contributed by atoms with Gasteiger partial charge in [0.25, 0.3) is 0 Å². The Bertz CT molecular complexity index is 525. The van der Waals surface area contributed by atoms with E-state index < -0.39 is 7.37 Å². The lowest BCUT2D eigenvalue weighted by Crippen LogP contribution is -2.32. The summed E-state index contributed by atoms with van der Waals surface area (Å²) in [6, 6.07) is 9.44. The van der Waals surface area contributed by atoms with Gasteiger partial charge < -0.3 is 4.52 Å². The van der Waals surface area contributed by atoms with Crippen LogP contribution in [0, 0.1) is 5.92 Å².